The summed E-state index contributed by atoms with van der Waals surface area (Å²) in [7, 11) is 0. The number of rotatable bonds is 4. The fourth-order valence-corrected chi connectivity index (χ4v) is 2.34. The smallest absolute Gasteiger partial charge is 0.251 e. The van der Waals surface area contributed by atoms with Crippen LogP contribution in [0.1, 0.15) is 17.3 Å². The zero-order chi connectivity index (χ0) is 16.1. The van der Waals surface area contributed by atoms with E-state index in [0.29, 0.717) is 25.2 Å². The lowest BCUT2D eigenvalue weighted by atomic mass is 10.1. The van der Waals surface area contributed by atoms with Gasteiger partial charge >= 0.3 is 0 Å². The summed E-state index contributed by atoms with van der Waals surface area (Å²) in [6.45, 7) is 2.79. The number of nitrogens with one attached hydrogen (secondary N) is 2. The summed E-state index contributed by atoms with van der Waals surface area (Å²) in [5.41, 5.74) is 0.356. The molecule has 1 atom stereocenters. The molecule has 1 aromatic rings. The largest absolute Gasteiger partial charge is 0.508 e. The second-order valence-corrected chi connectivity index (χ2v) is 5.15. The van der Waals surface area contributed by atoms with E-state index >= 15 is 0 Å². The molecular formula is C15H19N3O4. The number of nitrogens with zero attached hydrogens (tertiary/aromatic N) is 1. The lowest BCUT2D eigenvalue weighted by Gasteiger charge is -2.34. The maximum Gasteiger partial charge on any atom is 0.251 e. The first kappa shape index (κ1) is 16.0. The predicted octanol–water partition coefficient (Wildman–Crippen LogP) is -0.489. The SMILES string of the molecule is CC(=O)C1CNCCN1C(=O)CNC(=O)c1ccc(O)cc1. The minimum atomic E-state index is -0.480. The van der Waals surface area contributed by atoms with Gasteiger partial charge in [-0.05, 0) is 31.2 Å². The van der Waals surface area contributed by atoms with Gasteiger partial charge in [0, 0.05) is 25.2 Å². The van der Waals surface area contributed by atoms with Gasteiger partial charge in [-0.25, -0.2) is 0 Å². The van der Waals surface area contributed by atoms with Crippen LogP contribution in [0.25, 0.3) is 0 Å². The fraction of sp³-hybridized carbons (Fsp3) is 0.400. The van der Waals surface area contributed by atoms with Gasteiger partial charge in [0.05, 0.1) is 6.54 Å². The van der Waals surface area contributed by atoms with Crippen molar-refractivity contribution in [1.82, 2.24) is 15.5 Å². The normalized spacial score (nSPS) is 17.9. The fourth-order valence-electron chi connectivity index (χ4n) is 2.34. The van der Waals surface area contributed by atoms with Crippen LogP contribution in [-0.2, 0) is 9.59 Å². The minimum Gasteiger partial charge on any atom is -0.508 e. The summed E-state index contributed by atoms with van der Waals surface area (Å²) in [6, 6.07) is 5.26. The van der Waals surface area contributed by atoms with Crippen LogP contribution in [0.4, 0.5) is 0 Å². The lowest BCUT2D eigenvalue weighted by molar-refractivity contribution is -0.139. The van der Waals surface area contributed by atoms with Crippen LogP contribution < -0.4 is 10.6 Å². The molecule has 0 saturated carbocycles. The van der Waals surface area contributed by atoms with Gasteiger partial charge in [-0.1, -0.05) is 0 Å². The number of ketones is 1. The third-order valence-corrected chi connectivity index (χ3v) is 3.56. The summed E-state index contributed by atoms with van der Waals surface area (Å²) in [5, 5.41) is 14.8. The maximum absolute atomic E-state index is 12.2. The Balaban J connectivity index is 1.92. The number of amides is 2. The molecular weight excluding hydrogens is 286 g/mol. The van der Waals surface area contributed by atoms with Crippen molar-refractivity contribution in [3.8, 4) is 5.75 Å². The van der Waals surface area contributed by atoms with Crippen molar-refractivity contribution in [2.24, 2.45) is 0 Å². The van der Waals surface area contributed by atoms with Gasteiger partial charge < -0.3 is 20.6 Å². The highest BCUT2D eigenvalue weighted by molar-refractivity contribution is 5.97. The number of aromatic hydroxyl groups is 1. The standard InChI is InChI=1S/C15H19N3O4/c1-10(19)13-8-16-6-7-18(13)14(21)9-17-15(22)11-2-4-12(20)5-3-11/h2-5,13,16,20H,6-9H2,1H3,(H,17,22). The molecule has 7 heteroatoms. The van der Waals surface area contributed by atoms with Crippen molar-refractivity contribution in [1.29, 1.82) is 0 Å². The molecule has 0 bridgehead atoms. The van der Waals surface area contributed by atoms with Gasteiger partial charge in [0.25, 0.3) is 5.91 Å². The highest BCUT2D eigenvalue weighted by Gasteiger charge is 2.29. The molecule has 0 radical (unpaired) electrons. The van der Waals surface area contributed by atoms with Crippen LogP contribution in [-0.4, -0.2) is 59.8 Å². The predicted molar refractivity (Wildman–Crippen MR) is 79.5 cm³/mol. The zero-order valence-electron chi connectivity index (χ0n) is 12.3. The number of hydrogen-bond donors (Lipinski definition) is 3. The number of carbonyl (C=O) groups is 3. The van der Waals surface area contributed by atoms with E-state index in [9.17, 15) is 19.5 Å². The van der Waals surface area contributed by atoms with E-state index in [2.05, 4.69) is 10.6 Å². The Labute approximate surface area is 128 Å². The Morgan fingerprint density at radius 1 is 1.32 bits per heavy atom. The average molecular weight is 305 g/mol. The van der Waals surface area contributed by atoms with Crippen LogP contribution in [0, 0.1) is 0 Å². The van der Waals surface area contributed by atoms with Crippen molar-refractivity contribution < 1.29 is 19.5 Å². The minimum absolute atomic E-state index is 0.0674. The quantitative estimate of drug-likeness (QED) is 0.697. The second kappa shape index (κ2) is 7.04. The molecule has 2 amide bonds. The Kier molecular flexibility index (Phi) is 5.11. The van der Waals surface area contributed by atoms with Crippen molar-refractivity contribution in [2.45, 2.75) is 13.0 Å². The van der Waals surface area contributed by atoms with Gasteiger partial charge in [-0.15, -0.1) is 0 Å². The summed E-state index contributed by atoms with van der Waals surface area (Å²) < 4.78 is 0. The first-order valence-electron chi connectivity index (χ1n) is 7.07. The number of phenols is 1. The van der Waals surface area contributed by atoms with Crippen LogP contribution >= 0.6 is 0 Å². The molecule has 118 valence electrons. The Morgan fingerprint density at radius 3 is 2.64 bits per heavy atom. The summed E-state index contributed by atoms with van der Waals surface area (Å²) in [4.78, 5) is 37.2. The maximum atomic E-state index is 12.2. The second-order valence-electron chi connectivity index (χ2n) is 5.15. The molecule has 3 N–H and O–H groups in total. The van der Waals surface area contributed by atoms with Gasteiger partial charge in [0.1, 0.15) is 11.8 Å². The Morgan fingerprint density at radius 2 is 2.00 bits per heavy atom. The summed E-state index contributed by atoms with van der Waals surface area (Å²) >= 11 is 0. The van der Waals surface area contributed by atoms with Crippen LogP contribution in [0.2, 0.25) is 0 Å². The van der Waals surface area contributed by atoms with Gasteiger partial charge in [-0.3, -0.25) is 14.4 Å². The van der Waals surface area contributed by atoms with Crippen LogP contribution in [0.5, 0.6) is 5.75 Å². The summed E-state index contributed by atoms with van der Waals surface area (Å²) in [6.07, 6.45) is 0. The van der Waals surface area contributed by atoms with E-state index < -0.39 is 11.9 Å². The highest BCUT2D eigenvalue weighted by Crippen LogP contribution is 2.09. The first-order valence-corrected chi connectivity index (χ1v) is 7.07. The van der Waals surface area contributed by atoms with E-state index in [1.165, 1.54) is 36.1 Å². The van der Waals surface area contributed by atoms with E-state index in [1.807, 2.05) is 0 Å². The third-order valence-electron chi connectivity index (χ3n) is 3.56. The van der Waals surface area contributed by atoms with E-state index in [-0.39, 0.29) is 24.0 Å². The number of carbonyl (C=O) groups excluding carboxylic acids is 3. The molecule has 7 nitrogen and oxygen atoms in total. The number of benzene rings is 1. The Bertz CT molecular complexity index is 571. The molecule has 1 unspecified atom stereocenters. The average Bonchev–Trinajstić information content (AvgIpc) is 2.53. The molecule has 2 rings (SSSR count). The van der Waals surface area contributed by atoms with Crippen LogP contribution in [0.3, 0.4) is 0 Å². The molecule has 1 heterocycles. The number of Topliss-reactive ketones (excluding diaryl/α,β-unsaturated/α-hetero) is 1. The monoisotopic (exact) mass is 305 g/mol. The first-order chi connectivity index (χ1) is 10.5. The van der Waals surface area contributed by atoms with E-state index in [4.69, 9.17) is 0 Å². The summed E-state index contributed by atoms with van der Waals surface area (Å²) in [5.74, 6) is -0.695. The van der Waals surface area contributed by atoms with Gasteiger partial charge in [0.2, 0.25) is 5.91 Å². The van der Waals surface area contributed by atoms with Crippen molar-refractivity contribution in [3.63, 3.8) is 0 Å². The molecule has 22 heavy (non-hydrogen) atoms. The zero-order valence-corrected chi connectivity index (χ0v) is 12.3. The number of phenolic OH excluding ortho intramolecular Hbond substituents is 1. The molecule has 1 aliphatic rings. The molecule has 0 aromatic heterocycles. The van der Waals surface area contributed by atoms with Gasteiger partial charge in [0.15, 0.2) is 5.78 Å². The molecule has 1 aliphatic heterocycles. The highest BCUT2D eigenvalue weighted by atomic mass is 16.3. The van der Waals surface area contributed by atoms with Crippen molar-refractivity contribution >= 4 is 17.6 Å². The molecule has 1 fully saturated rings. The van der Waals surface area contributed by atoms with Gasteiger partial charge in [-0.2, -0.15) is 0 Å². The van der Waals surface area contributed by atoms with E-state index in [1.54, 1.807) is 0 Å². The molecule has 0 spiro atoms. The molecule has 0 aliphatic carbocycles. The Hall–Kier alpha value is -2.41. The molecule has 1 saturated heterocycles. The number of hydrogen-bond acceptors (Lipinski definition) is 5. The van der Waals surface area contributed by atoms with Crippen LogP contribution in [0.15, 0.2) is 24.3 Å². The lowest BCUT2D eigenvalue weighted by Crippen LogP contribution is -2.58. The van der Waals surface area contributed by atoms with Crippen molar-refractivity contribution in [2.75, 3.05) is 26.2 Å². The molecule has 1 aromatic carbocycles. The number of piperazine rings is 1. The van der Waals surface area contributed by atoms with Crippen molar-refractivity contribution in [3.05, 3.63) is 29.8 Å². The van der Waals surface area contributed by atoms with E-state index in [0.717, 1.165) is 0 Å². The topological polar surface area (TPSA) is 98.7 Å². The third kappa shape index (κ3) is 3.82.